The van der Waals surface area contributed by atoms with Crippen LogP contribution in [0.1, 0.15) is 73.6 Å². The van der Waals surface area contributed by atoms with Crippen LogP contribution >= 0.6 is 0 Å². The van der Waals surface area contributed by atoms with Gasteiger partial charge in [-0.25, -0.2) is 0 Å². The van der Waals surface area contributed by atoms with E-state index in [1.165, 1.54) is 19.0 Å². The van der Waals surface area contributed by atoms with Crippen molar-refractivity contribution in [2.75, 3.05) is 39.0 Å². The molecule has 0 heterocycles. The topological polar surface area (TPSA) is 92.0 Å². The van der Waals surface area contributed by atoms with Gasteiger partial charge in [-0.1, -0.05) is 19.4 Å². The number of likely N-dealkylation sites (N-methyl/N-ethyl adjacent to an activating group) is 1. The Morgan fingerprint density at radius 1 is 1.16 bits per heavy atom. The molecule has 7 nitrogen and oxygen atoms in total. The molecule has 0 fully saturated rings. The molecule has 0 saturated heterocycles. The smallest absolute Gasteiger partial charge is 0.252 e. The molecule has 0 aliphatic carbocycles. The van der Waals surface area contributed by atoms with Gasteiger partial charge in [0.15, 0.2) is 0 Å². The molecule has 0 aliphatic rings. The second-order valence-corrected chi connectivity index (χ2v) is 9.78. The van der Waals surface area contributed by atoms with E-state index in [0.29, 0.717) is 5.56 Å². The number of rotatable bonds is 14. The van der Waals surface area contributed by atoms with Crippen molar-refractivity contribution in [3.05, 3.63) is 64.9 Å². The van der Waals surface area contributed by atoms with Gasteiger partial charge in [-0.15, -0.1) is 0 Å². The molecule has 2 rings (SSSR count). The van der Waals surface area contributed by atoms with Gasteiger partial charge in [0.25, 0.3) is 5.91 Å². The maximum absolute atomic E-state index is 13.3. The van der Waals surface area contributed by atoms with E-state index in [2.05, 4.69) is 34.5 Å². The number of aliphatic imine (C=N–C) groups is 1. The van der Waals surface area contributed by atoms with Crippen LogP contribution in [0.2, 0.25) is 0 Å². The van der Waals surface area contributed by atoms with Gasteiger partial charge in [-0.05, 0) is 94.7 Å². The van der Waals surface area contributed by atoms with Gasteiger partial charge in [0.1, 0.15) is 5.75 Å². The lowest BCUT2D eigenvalue weighted by atomic mass is 9.99. The van der Waals surface area contributed by atoms with E-state index in [-0.39, 0.29) is 18.1 Å². The van der Waals surface area contributed by atoms with Gasteiger partial charge in [0.2, 0.25) is 0 Å². The van der Waals surface area contributed by atoms with Gasteiger partial charge >= 0.3 is 0 Å². The molecular formula is C30H45N5O2. The number of carbonyl (C=O) groups is 1. The van der Waals surface area contributed by atoms with Crippen LogP contribution in [-0.2, 0) is 0 Å². The van der Waals surface area contributed by atoms with Crippen molar-refractivity contribution in [2.24, 2.45) is 10.7 Å². The van der Waals surface area contributed by atoms with Crippen LogP contribution in [-0.4, -0.2) is 56.9 Å². The molecule has 2 aromatic carbocycles. The highest BCUT2D eigenvalue weighted by Gasteiger charge is 2.17. The molecule has 2 aromatic rings. The molecule has 0 aliphatic heterocycles. The Morgan fingerprint density at radius 3 is 2.57 bits per heavy atom. The Bertz CT molecular complexity index is 1080. The van der Waals surface area contributed by atoms with Crippen LogP contribution in [0.25, 0.3) is 5.57 Å². The second kappa shape index (κ2) is 15.1. The summed E-state index contributed by atoms with van der Waals surface area (Å²) >= 11 is 0. The van der Waals surface area contributed by atoms with Crippen LogP contribution < -0.4 is 21.1 Å². The van der Waals surface area contributed by atoms with E-state index < -0.39 is 0 Å². The van der Waals surface area contributed by atoms with Crippen LogP contribution in [0.15, 0.2) is 47.6 Å². The van der Waals surface area contributed by atoms with Crippen molar-refractivity contribution < 1.29 is 9.53 Å². The third kappa shape index (κ3) is 9.57. The lowest BCUT2D eigenvalue weighted by molar-refractivity contribution is 0.0939. The van der Waals surface area contributed by atoms with E-state index in [0.717, 1.165) is 53.3 Å². The fourth-order valence-electron chi connectivity index (χ4n) is 4.00. The number of amides is 1. The maximum atomic E-state index is 13.3. The first kappa shape index (κ1) is 29.9. The van der Waals surface area contributed by atoms with Crippen molar-refractivity contribution in [1.82, 2.24) is 10.2 Å². The summed E-state index contributed by atoms with van der Waals surface area (Å²) in [4.78, 5) is 19.7. The molecule has 1 unspecified atom stereocenters. The lowest BCUT2D eigenvalue weighted by Gasteiger charge is -2.20. The van der Waals surface area contributed by atoms with Gasteiger partial charge in [0, 0.05) is 49.4 Å². The minimum absolute atomic E-state index is 0.0162. The summed E-state index contributed by atoms with van der Waals surface area (Å²) in [7, 11) is 3.85. The number of hydrogen-bond donors (Lipinski definition) is 3. The molecule has 0 radical (unpaired) electrons. The summed E-state index contributed by atoms with van der Waals surface area (Å²) in [6, 6.07) is 11.6. The molecule has 7 heteroatoms. The number of unbranched alkanes of at least 4 members (excludes halogenated alkanes) is 1. The number of aryl methyl sites for hydroxylation is 1. The van der Waals surface area contributed by atoms with E-state index in [4.69, 9.17) is 10.5 Å². The minimum atomic E-state index is -0.247. The number of nitrogens with two attached hydrogens (primary N) is 1. The first-order valence-corrected chi connectivity index (χ1v) is 13.2. The molecule has 1 atom stereocenters. The summed E-state index contributed by atoms with van der Waals surface area (Å²) in [5.74, 6) is 0.605. The van der Waals surface area contributed by atoms with Crippen molar-refractivity contribution in [1.29, 1.82) is 0 Å². The zero-order valence-corrected chi connectivity index (χ0v) is 23.6. The number of anilines is 1. The zero-order chi connectivity index (χ0) is 27.4. The first-order valence-electron chi connectivity index (χ1n) is 13.2. The molecule has 0 bridgehead atoms. The van der Waals surface area contributed by atoms with Crippen molar-refractivity contribution in [2.45, 2.75) is 59.6 Å². The number of benzene rings is 2. The summed E-state index contributed by atoms with van der Waals surface area (Å²) in [5.41, 5.74) is 11.0. The first-order chi connectivity index (χ1) is 17.7. The fraction of sp³-hybridized carbons (Fsp3) is 0.467. The minimum Gasteiger partial charge on any atom is -0.491 e. The van der Waals surface area contributed by atoms with E-state index in [1.807, 2.05) is 64.1 Å². The molecule has 0 aromatic heterocycles. The van der Waals surface area contributed by atoms with E-state index in [1.54, 1.807) is 13.3 Å². The molecule has 1 amide bonds. The number of allylic oxidation sites excluding steroid dienone is 1. The van der Waals surface area contributed by atoms with Crippen LogP contribution in [0.5, 0.6) is 5.75 Å². The fourth-order valence-corrected chi connectivity index (χ4v) is 4.00. The zero-order valence-electron chi connectivity index (χ0n) is 23.6. The quantitative estimate of drug-likeness (QED) is 0.297. The lowest BCUT2D eigenvalue weighted by Crippen LogP contribution is -2.28. The van der Waals surface area contributed by atoms with E-state index >= 15 is 0 Å². The Morgan fingerprint density at radius 2 is 1.92 bits per heavy atom. The average Bonchev–Trinajstić information content (AvgIpc) is 2.86. The molecule has 4 N–H and O–H groups in total. The molecule has 0 spiro atoms. The highest BCUT2D eigenvalue weighted by atomic mass is 16.5. The van der Waals surface area contributed by atoms with Gasteiger partial charge in [-0.2, -0.15) is 0 Å². The van der Waals surface area contributed by atoms with Crippen LogP contribution in [0, 0.1) is 6.92 Å². The summed E-state index contributed by atoms with van der Waals surface area (Å²) in [5, 5.41) is 6.61. The van der Waals surface area contributed by atoms with Crippen molar-refractivity contribution in [3.8, 4) is 5.75 Å². The monoisotopic (exact) mass is 507 g/mol. The standard InChI is InChI=1S/C30H45N5O2/c1-8-9-13-35(7)14-12-33-27-11-10-22(4)29(18-27)30(36)34-23(5)24-15-25(26(19-31)20-32-6)17-28(16-24)37-21(2)3/h10-11,15-21,23,33H,8-9,12-14,31H2,1-7H3,(H,34,36)/b26-19+,32-20?. The van der Waals surface area contributed by atoms with Gasteiger partial charge in [0.05, 0.1) is 12.1 Å². The molecule has 37 heavy (non-hydrogen) atoms. The van der Waals surface area contributed by atoms with E-state index in [9.17, 15) is 4.79 Å². The number of hydrogen-bond acceptors (Lipinski definition) is 6. The number of nitrogens with zero attached hydrogens (tertiary/aromatic N) is 2. The number of ether oxygens (including phenoxy) is 1. The third-order valence-corrected chi connectivity index (χ3v) is 6.13. The Kier molecular flexibility index (Phi) is 12.2. The molecular weight excluding hydrogens is 462 g/mol. The number of nitrogens with one attached hydrogen (secondary N) is 2. The largest absolute Gasteiger partial charge is 0.491 e. The third-order valence-electron chi connectivity index (χ3n) is 6.13. The predicted molar refractivity (Wildman–Crippen MR) is 157 cm³/mol. The average molecular weight is 508 g/mol. The Balaban J connectivity index is 2.19. The van der Waals surface area contributed by atoms with Gasteiger partial charge < -0.3 is 26.0 Å². The Hall–Kier alpha value is -3.32. The predicted octanol–water partition coefficient (Wildman–Crippen LogP) is 5.42. The van der Waals surface area contributed by atoms with Crippen LogP contribution in [0.3, 0.4) is 0 Å². The highest BCUT2D eigenvalue weighted by Crippen LogP contribution is 2.27. The summed E-state index contributed by atoms with van der Waals surface area (Å²) < 4.78 is 5.98. The normalized spacial score (nSPS) is 12.8. The van der Waals surface area contributed by atoms with Crippen LogP contribution in [0.4, 0.5) is 5.69 Å². The number of carbonyl (C=O) groups excluding carboxylic acids is 1. The van der Waals surface area contributed by atoms with Crippen molar-refractivity contribution >= 4 is 23.4 Å². The maximum Gasteiger partial charge on any atom is 0.252 e. The second-order valence-electron chi connectivity index (χ2n) is 9.78. The highest BCUT2D eigenvalue weighted by molar-refractivity contribution is 6.09. The SMILES string of the molecule is CCCCN(C)CCNc1ccc(C)c(C(=O)NC(C)c2cc(OC(C)C)cc(/C(C=NC)=C/N)c2)c1. The molecule has 0 saturated carbocycles. The summed E-state index contributed by atoms with van der Waals surface area (Å²) in [6.07, 6.45) is 5.65. The Labute approximate surface area is 223 Å². The van der Waals surface area contributed by atoms with Crippen molar-refractivity contribution in [3.63, 3.8) is 0 Å². The van der Waals surface area contributed by atoms with Gasteiger partial charge in [-0.3, -0.25) is 9.79 Å². The summed E-state index contributed by atoms with van der Waals surface area (Å²) in [6.45, 7) is 13.0. The molecule has 202 valence electrons.